The number of hydrogen-bond donors (Lipinski definition) is 1. The minimum atomic E-state index is 0.608. The minimum Gasteiger partial charge on any atom is -0.314 e. The SMILES string of the molecule is CCC[C@H](c1cc(C)ccc1C)N1CCNCC1. The molecule has 1 N–H and O–H groups in total. The van der Waals surface area contributed by atoms with Gasteiger partial charge in [-0.1, -0.05) is 37.1 Å². The second-order valence-corrected chi connectivity index (χ2v) is 5.45. The fourth-order valence-corrected chi connectivity index (χ4v) is 2.92. The van der Waals surface area contributed by atoms with Gasteiger partial charge in [-0.25, -0.2) is 0 Å². The Morgan fingerprint density at radius 2 is 1.94 bits per heavy atom. The number of nitrogens with zero attached hydrogens (tertiary/aromatic N) is 1. The Hall–Kier alpha value is -0.860. The number of hydrogen-bond acceptors (Lipinski definition) is 2. The van der Waals surface area contributed by atoms with Crippen LogP contribution in [0.4, 0.5) is 0 Å². The highest BCUT2D eigenvalue weighted by Gasteiger charge is 2.22. The lowest BCUT2D eigenvalue weighted by molar-refractivity contribution is 0.164. The zero-order chi connectivity index (χ0) is 13.0. The van der Waals surface area contributed by atoms with Crippen LogP contribution in [-0.2, 0) is 0 Å². The monoisotopic (exact) mass is 246 g/mol. The van der Waals surface area contributed by atoms with Gasteiger partial charge in [0.2, 0.25) is 0 Å². The smallest absolute Gasteiger partial charge is 0.0351 e. The maximum atomic E-state index is 3.45. The Morgan fingerprint density at radius 1 is 1.22 bits per heavy atom. The van der Waals surface area contributed by atoms with Crippen LogP contribution in [0.25, 0.3) is 0 Å². The van der Waals surface area contributed by atoms with Gasteiger partial charge in [0.1, 0.15) is 0 Å². The van der Waals surface area contributed by atoms with Crippen LogP contribution in [0, 0.1) is 13.8 Å². The molecule has 0 amide bonds. The molecule has 1 fully saturated rings. The molecule has 0 aromatic heterocycles. The van der Waals surface area contributed by atoms with Crippen molar-refractivity contribution >= 4 is 0 Å². The highest BCUT2D eigenvalue weighted by Crippen LogP contribution is 2.29. The minimum absolute atomic E-state index is 0.608. The van der Waals surface area contributed by atoms with E-state index in [1.165, 1.54) is 37.1 Å². The van der Waals surface area contributed by atoms with Crippen LogP contribution in [0.2, 0.25) is 0 Å². The zero-order valence-corrected chi connectivity index (χ0v) is 12.0. The van der Waals surface area contributed by atoms with E-state index in [0.717, 1.165) is 13.1 Å². The van der Waals surface area contributed by atoms with E-state index in [1.54, 1.807) is 5.56 Å². The van der Waals surface area contributed by atoms with E-state index in [1.807, 2.05) is 0 Å². The summed E-state index contributed by atoms with van der Waals surface area (Å²) in [6.45, 7) is 11.4. The molecule has 1 aliphatic heterocycles. The fraction of sp³-hybridized carbons (Fsp3) is 0.625. The van der Waals surface area contributed by atoms with Gasteiger partial charge in [0.15, 0.2) is 0 Å². The lowest BCUT2D eigenvalue weighted by atomic mass is 9.94. The van der Waals surface area contributed by atoms with Crippen molar-refractivity contribution in [2.75, 3.05) is 26.2 Å². The second kappa shape index (κ2) is 6.35. The van der Waals surface area contributed by atoms with E-state index in [9.17, 15) is 0 Å². The molecule has 1 aromatic rings. The van der Waals surface area contributed by atoms with Crippen LogP contribution in [0.15, 0.2) is 18.2 Å². The summed E-state index contributed by atoms with van der Waals surface area (Å²) in [6, 6.07) is 7.49. The molecule has 2 heteroatoms. The normalized spacial score (nSPS) is 18.8. The molecule has 18 heavy (non-hydrogen) atoms. The van der Waals surface area contributed by atoms with Crippen LogP contribution < -0.4 is 5.32 Å². The van der Waals surface area contributed by atoms with Gasteiger partial charge in [-0.3, -0.25) is 4.90 Å². The topological polar surface area (TPSA) is 15.3 Å². The van der Waals surface area contributed by atoms with Crippen molar-refractivity contribution < 1.29 is 0 Å². The largest absolute Gasteiger partial charge is 0.314 e. The number of piperazine rings is 1. The Kier molecular flexibility index (Phi) is 4.79. The van der Waals surface area contributed by atoms with E-state index in [2.05, 4.69) is 49.2 Å². The van der Waals surface area contributed by atoms with E-state index in [0.29, 0.717) is 6.04 Å². The van der Waals surface area contributed by atoms with E-state index < -0.39 is 0 Å². The molecule has 1 aliphatic rings. The molecule has 1 heterocycles. The summed E-state index contributed by atoms with van der Waals surface area (Å²) in [4.78, 5) is 2.65. The van der Waals surface area contributed by atoms with Crippen LogP contribution in [0.3, 0.4) is 0 Å². The predicted molar refractivity (Wildman–Crippen MR) is 78.0 cm³/mol. The Morgan fingerprint density at radius 3 is 2.61 bits per heavy atom. The van der Waals surface area contributed by atoms with Crippen LogP contribution >= 0.6 is 0 Å². The first-order chi connectivity index (χ1) is 8.72. The molecule has 0 aliphatic carbocycles. The van der Waals surface area contributed by atoms with Gasteiger partial charge in [-0.2, -0.15) is 0 Å². The van der Waals surface area contributed by atoms with Gasteiger partial charge < -0.3 is 5.32 Å². The first kappa shape index (κ1) is 13.6. The quantitative estimate of drug-likeness (QED) is 0.878. The van der Waals surface area contributed by atoms with Gasteiger partial charge >= 0.3 is 0 Å². The maximum Gasteiger partial charge on any atom is 0.0351 e. The zero-order valence-electron chi connectivity index (χ0n) is 12.0. The third-order valence-electron chi connectivity index (χ3n) is 3.95. The summed E-state index contributed by atoms with van der Waals surface area (Å²) in [5.41, 5.74) is 4.36. The molecule has 2 nitrogen and oxygen atoms in total. The van der Waals surface area contributed by atoms with Crippen molar-refractivity contribution in [3.8, 4) is 0 Å². The number of rotatable bonds is 4. The molecular weight excluding hydrogens is 220 g/mol. The first-order valence-corrected chi connectivity index (χ1v) is 7.24. The van der Waals surface area contributed by atoms with Gasteiger partial charge in [0.05, 0.1) is 0 Å². The van der Waals surface area contributed by atoms with Crippen molar-refractivity contribution in [3.05, 3.63) is 34.9 Å². The first-order valence-electron chi connectivity index (χ1n) is 7.24. The molecule has 0 radical (unpaired) electrons. The number of benzene rings is 1. The predicted octanol–water partition coefficient (Wildman–Crippen LogP) is 3.05. The van der Waals surface area contributed by atoms with E-state index in [4.69, 9.17) is 0 Å². The highest BCUT2D eigenvalue weighted by atomic mass is 15.2. The third kappa shape index (κ3) is 3.12. The van der Waals surface area contributed by atoms with Gasteiger partial charge in [-0.05, 0) is 31.4 Å². The summed E-state index contributed by atoms with van der Waals surface area (Å²) in [5.74, 6) is 0. The Labute approximate surface area is 111 Å². The van der Waals surface area contributed by atoms with Crippen molar-refractivity contribution in [2.45, 2.75) is 39.7 Å². The summed E-state index contributed by atoms with van der Waals surface area (Å²) in [6.07, 6.45) is 2.52. The molecule has 0 spiro atoms. The van der Waals surface area contributed by atoms with E-state index in [-0.39, 0.29) is 0 Å². The van der Waals surface area contributed by atoms with Crippen molar-refractivity contribution in [3.63, 3.8) is 0 Å². The highest BCUT2D eigenvalue weighted by molar-refractivity contribution is 5.33. The third-order valence-corrected chi connectivity index (χ3v) is 3.95. The molecule has 0 bridgehead atoms. The lowest BCUT2D eigenvalue weighted by Gasteiger charge is -2.36. The van der Waals surface area contributed by atoms with Gasteiger partial charge in [0, 0.05) is 32.2 Å². The molecule has 1 aromatic carbocycles. The van der Waals surface area contributed by atoms with Crippen LogP contribution in [-0.4, -0.2) is 31.1 Å². The maximum absolute atomic E-state index is 3.45. The summed E-state index contributed by atoms with van der Waals surface area (Å²) in [5, 5.41) is 3.45. The average molecular weight is 246 g/mol. The summed E-state index contributed by atoms with van der Waals surface area (Å²) >= 11 is 0. The Bertz CT molecular complexity index is 381. The van der Waals surface area contributed by atoms with Gasteiger partial charge in [0.25, 0.3) is 0 Å². The van der Waals surface area contributed by atoms with Crippen molar-refractivity contribution in [1.29, 1.82) is 0 Å². The van der Waals surface area contributed by atoms with Crippen molar-refractivity contribution in [2.24, 2.45) is 0 Å². The molecular formula is C16H26N2. The average Bonchev–Trinajstić information content (AvgIpc) is 2.40. The van der Waals surface area contributed by atoms with Crippen LogP contribution in [0.5, 0.6) is 0 Å². The van der Waals surface area contributed by atoms with E-state index >= 15 is 0 Å². The standard InChI is InChI=1S/C16H26N2/c1-4-5-16(18-10-8-17-9-11-18)15-12-13(2)6-7-14(15)3/h6-7,12,16-17H,4-5,8-11H2,1-3H3/t16-/m1/s1. The molecule has 0 unspecified atom stereocenters. The molecule has 1 saturated heterocycles. The fourth-order valence-electron chi connectivity index (χ4n) is 2.92. The molecule has 1 atom stereocenters. The van der Waals surface area contributed by atoms with Gasteiger partial charge in [-0.15, -0.1) is 0 Å². The lowest BCUT2D eigenvalue weighted by Crippen LogP contribution is -2.45. The molecule has 100 valence electrons. The summed E-state index contributed by atoms with van der Waals surface area (Å²) in [7, 11) is 0. The molecule has 0 saturated carbocycles. The van der Waals surface area contributed by atoms with Crippen LogP contribution in [0.1, 0.15) is 42.5 Å². The Balaban J connectivity index is 2.24. The number of nitrogens with one attached hydrogen (secondary N) is 1. The number of aryl methyl sites for hydroxylation is 2. The summed E-state index contributed by atoms with van der Waals surface area (Å²) < 4.78 is 0. The second-order valence-electron chi connectivity index (χ2n) is 5.45. The van der Waals surface area contributed by atoms with Crippen molar-refractivity contribution in [1.82, 2.24) is 10.2 Å². The molecule has 2 rings (SSSR count).